The second-order valence-corrected chi connectivity index (χ2v) is 6.72. The number of amides is 1. The number of carboxylic acid groups (broad SMARTS) is 1. The fourth-order valence-corrected chi connectivity index (χ4v) is 4.16. The van der Waals surface area contributed by atoms with Gasteiger partial charge in [0.2, 0.25) is 5.91 Å². The minimum absolute atomic E-state index is 0.0248. The Morgan fingerprint density at radius 2 is 2.33 bits per heavy atom. The molecule has 0 spiro atoms. The lowest BCUT2D eigenvalue weighted by Crippen LogP contribution is -2.50. The molecule has 5 nitrogen and oxygen atoms in total. The van der Waals surface area contributed by atoms with E-state index in [1.54, 1.807) is 16.2 Å². The Bertz CT molecular complexity index is 556. The highest BCUT2D eigenvalue weighted by Gasteiger charge is 2.48. The molecular formula is C15H19NO4S. The van der Waals surface area contributed by atoms with Crippen molar-refractivity contribution in [3.8, 4) is 0 Å². The van der Waals surface area contributed by atoms with Crippen LogP contribution in [0.4, 0.5) is 0 Å². The smallest absolute Gasteiger partial charge is 0.305 e. The van der Waals surface area contributed by atoms with Crippen molar-refractivity contribution in [3.63, 3.8) is 0 Å². The average Bonchev–Trinajstić information content (AvgIpc) is 3.13. The van der Waals surface area contributed by atoms with Crippen molar-refractivity contribution in [3.05, 3.63) is 21.9 Å². The van der Waals surface area contributed by atoms with Crippen molar-refractivity contribution in [2.75, 3.05) is 19.8 Å². The van der Waals surface area contributed by atoms with Crippen molar-refractivity contribution in [2.24, 2.45) is 5.92 Å². The van der Waals surface area contributed by atoms with Gasteiger partial charge in [-0.1, -0.05) is 0 Å². The van der Waals surface area contributed by atoms with Gasteiger partial charge >= 0.3 is 5.97 Å². The summed E-state index contributed by atoms with van der Waals surface area (Å²) in [6.45, 7) is 3.40. The molecule has 114 valence electrons. The zero-order chi connectivity index (χ0) is 15.0. The van der Waals surface area contributed by atoms with E-state index < -0.39 is 5.97 Å². The molecule has 1 saturated heterocycles. The molecule has 3 atom stereocenters. The fraction of sp³-hybridized carbons (Fsp3) is 0.600. The summed E-state index contributed by atoms with van der Waals surface area (Å²) in [4.78, 5) is 26.6. The fourth-order valence-electron chi connectivity index (χ4n) is 3.05. The topological polar surface area (TPSA) is 66.8 Å². The van der Waals surface area contributed by atoms with Crippen LogP contribution >= 0.6 is 11.3 Å². The number of morpholine rings is 1. The number of carboxylic acids is 1. The van der Waals surface area contributed by atoms with Gasteiger partial charge in [0.15, 0.2) is 0 Å². The van der Waals surface area contributed by atoms with Crippen LogP contribution in [0.2, 0.25) is 0 Å². The van der Waals surface area contributed by atoms with Gasteiger partial charge in [-0.15, -0.1) is 11.3 Å². The summed E-state index contributed by atoms with van der Waals surface area (Å²) in [7, 11) is 0. The molecule has 1 aliphatic heterocycles. The largest absolute Gasteiger partial charge is 0.481 e. The molecule has 3 rings (SSSR count). The number of aryl methyl sites for hydroxylation is 1. The van der Waals surface area contributed by atoms with E-state index in [1.165, 1.54) is 10.4 Å². The number of ether oxygens (including phenoxy) is 1. The van der Waals surface area contributed by atoms with Crippen LogP contribution in [-0.4, -0.2) is 47.7 Å². The van der Waals surface area contributed by atoms with Crippen LogP contribution in [0.15, 0.2) is 11.4 Å². The van der Waals surface area contributed by atoms with E-state index >= 15 is 0 Å². The Kier molecular flexibility index (Phi) is 3.99. The number of carbonyl (C=O) groups is 2. The van der Waals surface area contributed by atoms with Crippen molar-refractivity contribution in [2.45, 2.75) is 31.7 Å². The molecule has 0 bridgehead atoms. The maximum Gasteiger partial charge on any atom is 0.305 e. The number of aliphatic carboxylic acids is 1. The van der Waals surface area contributed by atoms with Gasteiger partial charge in [-0.3, -0.25) is 9.59 Å². The average molecular weight is 309 g/mol. The third-order valence-corrected chi connectivity index (χ3v) is 5.42. The van der Waals surface area contributed by atoms with Crippen molar-refractivity contribution in [1.82, 2.24) is 4.90 Å². The molecule has 6 heteroatoms. The van der Waals surface area contributed by atoms with Crippen molar-refractivity contribution < 1.29 is 19.4 Å². The zero-order valence-electron chi connectivity index (χ0n) is 11.9. The van der Waals surface area contributed by atoms with E-state index in [4.69, 9.17) is 9.84 Å². The van der Waals surface area contributed by atoms with E-state index in [1.807, 2.05) is 0 Å². The summed E-state index contributed by atoms with van der Waals surface area (Å²) in [5.41, 5.74) is 1.25. The summed E-state index contributed by atoms with van der Waals surface area (Å²) >= 11 is 1.71. The predicted octanol–water partition coefficient (Wildman–Crippen LogP) is 1.86. The van der Waals surface area contributed by atoms with E-state index in [0.29, 0.717) is 25.7 Å². The number of hydrogen-bond acceptors (Lipinski definition) is 4. The van der Waals surface area contributed by atoms with Crippen LogP contribution in [0, 0.1) is 12.8 Å². The molecule has 3 unspecified atom stereocenters. The maximum atomic E-state index is 12.7. The van der Waals surface area contributed by atoms with Gasteiger partial charge in [-0.2, -0.15) is 0 Å². The quantitative estimate of drug-likeness (QED) is 0.922. The molecule has 1 N–H and O–H groups in total. The number of rotatable bonds is 4. The van der Waals surface area contributed by atoms with Gasteiger partial charge < -0.3 is 14.7 Å². The highest BCUT2D eigenvalue weighted by Crippen LogP contribution is 2.51. The van der Waals surface area contributed by atoms with Gasteiger partial charge in [0.25, 0.3) is 0 Å². The Balaban J connectivity index is 1.67. The van der Waals surface area contributed by atoms with Crippen LogP contribution in [0.5, 0.6) is 0 Å². The molecule has 1 amide bonds. The minimum Gasteiger partial charge on any atom is -0.481 e. The minimum atomic E-state index is -0.884. The Labute approximate surface area is 127 Å². The number of thiophene rings is 1. The summed E-state index contributed by atoms with van der Waals surface area (Å²) in [6, 6.07) is 1.76. The molecule has 1 saturated carbocycles. The highest BCUT2D eigenvalue weighted by atomic mass is 32.1. The standard InChI is InChI=1S/C15H19NO4S/c1-9-2-5-21-14(9)11-7-12(11)15(19)16-3-4-20-8-10(16)6-13(17)18/h2,5,10-12H,3-4,6-8H2,1H3,(H,17,18). The van der Waals surface area contributed by atoms with Crippen LogP contribution in [0.25, 0.3) is 0 Å². The molecule has 0 aromatic carbocycles. The van der Waals surface area contributed by atoms with Gasteiger partial charge in [0.05, 0.1) is 25.7 Å². The van der Waals surface area contributed by atoms with E-state index in [-0.39, 0.29) is 24.3 Å². The van der Waals surface area contributed by atoms with Crippen LogP contribution < -0.4 is 0 Å². The first-order chi connectivity index (χ1) is 10.1. The molecule has 1 aromatic heterocycles. The Morgan fingerprint density at radius 1 is 1.52 bits per heavy atom. The molecule has 21 heavy (non-hydrogen) atoms. The molecule has 2 fully saturated rings. The highest BCUT2D eigenvalue weighted by molar-refractivity contribution is 7.10. The SMILES string of the molecule is Cc1ccsc1C1CC1C(=O)N1CCOCC1CC(=O)O. The third-order valence-electron chi connectivity index (χ3n) is 4.27. The van der Waals surface area contributed by atoms with Gasteiger partial charge in [-0.25, -0.2) is 0 Å². The summed E-state index contributed by atoms with van der Waals surface area (Å²) in [6.07, 6.45) is 0.846. The number of carbonyl (C=O) groups excluding carboxylic acids is 1. The van der Waals surface area contributed by atoms with E-state index in [2.05, 4.69) is 18.4 Å². The lowest BCUT2D eigenvalue weighted by molar-refractivity contribution is -0.147. The molecule has 2 aliphatic rings. The first-order valence-electron chi connectivity index (χ1n) is 7.22. The Morgan fingerprint density at radius 3 is 3.00 bits per heavy atom. The third kappa shape index (κ3) is 2.96. The number of hydrogen-bond donors (Lipinski definition) is 1. The summed E-state index contributed by atoms with van der Waals surface area (Å²) in [5, 5.41) is 11.0. The second kappa shape index (κ2) is 5.77. The van der Waals surface area contributed by atoms with Gasteiger partial charge in [-0.05, 0) is 30.4 Å². The molecular weight excluding hydrogens is 290 g/mol. The molecule has 1 aromatic rings. The molecule has 1 aliphatic carbocycles. The molecule has 0 radical (unpaired) electrons. The van der Waals surface area contributed by atoms with Crippen LogP contribution in [-0.2, 0) is 14.3 Å². The van der Waals surface area contributed by atoms with Crippen LogP contribution in [0.3, 0.4) is 0 Å². The van der Waals surface area contributed by atoms with Crippen molar-refractivity contribution >= 4 is 23.2 Å². The lowest BCUT2D eigenvalue weighted by Gasteiger charge is -2.35. The monoisotopic (exact) mass is 309 g/mol. The van der Waals surface area contributed by atoms with Crippen molar-refractivity contribution in [1.29, 1.82) is 0 Å². The summed E-state index contributed by atoms with van der Waals surface area (Å²) < 4.78 is 5.33. The normalized spacial score (nSPS) is 28.4. The Hall–Kier alpha value is -1.40. The lowest BCUT2D eigenvalue weighted by atomic mass is 10.1. The van der Waals surface area contributed by atoms with E-state index in [9.17, 15) is 9.59 Å². The number of nitrogens with zero attached hydrogens (tertiary/aromatic N) is 1. The van der Waals surface area contributed by atoms with Crippen LogP contribution in [0.1, 0.15) is 29.2 Å². The first kappa shape index (κ1) is 14.5. The second-order valence-electron chi connectivity index (χ2n) is 5.77. The molecule has 2 heterocycles. The maximum absolute atomic E-state index is 12.7. The van der Waals surface area contributed by atoms with Gasteiger partial charge in [0, 0.05) is 23.3 Å². The predicted molar refractivity (Wildman–Crippen MR) is 78.5 cm³/mol. The first-order valence-corrected chi connectivity index (χ1v) is 8.10. The summed E-state index contributed by atoms with van der Waals surface area (Å²) in [5.74, 6) is -0.435. The zero-order valence-corrected chi connectivity index (χ0v) is 12.8. The van der Waals surface area contributed by atoms with E-state index in [0.717, 1.165) is 6.42 Å². The van der Waals surface area contributed by atoms with Gasteiger partial charge in [0.1, 0.15) is 0 Å².